The number of quaternary nitrogens is 1. The first kappa shape index (κ1) is 20.9. The first-order valence-electron chi connectivity index (χ1n) is 8.69. The number of rotatable bonds is 11. The van der Waals surface area contributed by atoms with Gasteiger partial charge in [-0.3, -0.25) is 9.59 Å². The van der Waals surface area contributed by atoms with Crippen LogP contribution in [0.2, 0.25) is 0 Å². The molecule has 0 aromatic carbocycles. The SMILES string of the molecule is CC(=O)O[C@H](CC(=O)OCCOCCN1CCCC1)C[N+](C)(C)C. The molecule has 7 heteroatoms. The summed E-state index contributed by atoms with van der Waals surface area (Å²) in [4.78, 5) is 25.4. The van der Waals surface area contributed by atoms with Crippen LogP contribution in [-0.2, 0) is 23.8 Å². The maximum absolute atomic E-state index is 11.9. The van der Waals surface area contributed by atoms with Crippen LogP contribution in [0.25, 0.3) is 0 Å². The second-order valence-corrected chi connectivity index (χ2v) is 7.29. The van der Waals surface area contributed by atoms with E-state index in [1.165, 1.54) is 19.8 Å². The van der Waals surface area contributed by atoms with Crippen LogP contribution in [0.1, 0.15) is 26.2 Å². The highest BCUT2D eigenvalue weighted by Gasteiger charge is 2.24. The lowest BCUT2D eigenvalue weighted by atomic mass is 10.2. The molecule has 0 N–H and O–H groups in total. The molecule has 0 aromatic rings. The van der Waals surface area contributed by atoms with Gasteiger partial charge in [-0.1, -0.05) is 0 Å². The summed E-state index contributed by atoms with van der Waals surface area (Å²) in [5, 5.41) is 0. The van der Waals surface area contributed by atoms with Gasteiger partial charge in [-0.05, 0) is 25.9 Å². The molecular weight excluding hydrogens is 312 g/mol. The van der Waals surface area contributed by atoms with Crippen LogP contribution in [0.15, 0.2) is 0 Å². The van der Waals surface area contributed by atoms with E-state index < -0.39 is 6.10 Å². The molecule has 0 bridgehead atoms. The van der Waals surface area contributed by atoms with Crippen molar-refractivity contribution >= 4 is 11.9 Å². The van der Waals surface area contributed by atoms with Gasteiger partial charge in [-0.15, -0.1) is 0 Å². The summed E-state index contributed by atoms with van der Waals surface area (Å²) >= 11 is 0. The number of likely N-dealkylation sites (N-methyl/N-ethyl adjacent to an activating group) is 1. The lowest BCUT2D eigenvalue weighted by Crippen LogP contribution is -2.43. The van der Waals surface area contributed by atoms with Crippen molar-refractivity contribution in [3.05, 3.63) is 0 Å². The number of esters is 2. The van der Waals surface area contributed by atoms with Crippen LogP contribution in [-0.4, -0.2) is 94.6 Å². The van der Waals surface area contributed by atoms with E-state index in [-0.39, 0.29) is 25.0 Å². The van der Waals surface area contributed by atoms with E-state index in [4.69, 9.17) is 14.2 Å². The zero-order valence-corrected chi connectivity index (χ0v) is 15.6. The third-order valence-electron chi connectivity index (χ3n) is 3.72. The first-order valence-corrected chi connectivity index (χ1v) is 8.69. The zero-order chi connectivity index (χ0) is 18.0. The third kappa shape index (κ3) is 10.6. The van der Waals surface area contributed by atoms with E-state index in [2.05, 4.69) is 4.90 Å². The van der Waals surface area contributed by atoms with Crippen molar-refractivity contribution in [2.24, 2.45) is 0 Å². The van der Waals surface area contributed by atoms with Crippen molar-refractivity contribution in [1.29, 1.82) is 0 Å². The average Bonchev–Trinajstić information content (AvgIpc) is 2.93. The molecule has 0 saturated carbocycles. The van der Waals surface area contributed by atoms with Crippen LogP contribution in [0.3, 0.4) is 0 Å². The summed E-state index contributed by atoms with van der Waals surface area (Å²) in [6.07, 6.45) is 2.15. The summed E-state index contributed by atoms with van der Waals surface area (Å²) in [5.41, 5.74) is 0. The minimum atomic E-state index is -0.467. The van der Waals surface area contributed by atoms with E-state index in [0.29, 0.717) is 24.2 Å². The largest absolute Gasteiger partial charge is 0.463 e. The highest BCUT2D eigenvalue weighted by Crippen LogP contribution is 2.07. The van der Waals surface area contributed by atoms with E-state index in [0.717, 1.165) is 19.6 Å². The molecule has 7 nitrogen and oxygen atoms in total. The fourth-order valence-electron chi connectivity index (χ4n) is 2.75. The summed E-state index contributed by atoms with van der Waals surface area (Å²) < 4.78 is 16.5. The molecule has 0 aromatic heterocycles. The Bertz CT molecular complexity index is 389. The zero-order valence-electron chi connectivity index (χ0n) is 15.6. The van der Waals surface area contributed by atoms with Crippen molar-refractivity contribution in [3.63, 3.8) is 0 Å². The summed E-state index contributed by atoms with van der Waals surface area (Å²) in [5.74, 6) is -0.746. The van der Waals surface area contributed by atoms with Gasteiger partial charge in [0.1, 0.15) is 13.2 Å². The monoisotopic (exact) mass is 345 g/mol. The van der Waals surface area contributed by atoms with Crippen LogP contribution in [0.4, 0.5) is 0 Å². The molecule has 0 unspecified atom stereocenters. The normalized spacial score (nSPS) is 16.8. The van der Waals surface area contributed by atoms with Crippen molar-refractivity contribution in [2.75, 3.05) is 67.1 Å². The molecule has 1 aliphatic heterocycles. The number of carbonyl (C=O) groups excluding carboxylic acids is 2. The maximum Gasteiger partial charge on any atom is 0.309 e. The number of hydrogen-bond acceptors (Lipinski definition) is 6. The molecule has 0 radical (unpaired) electrons. The molecule has 1 fully saturated rings. The van der Waals surface area contributed by atoms with Gasteiger partial charge < -0.3 is 23.6 Å². The minimum absolute atomic E-state index is 0.0723. The Morgan fingerprint density at radius 2 is 1.75 bits per heavy atom. The lowest BCUT2D eigenvalue weighted by Gasteiger charge is -2.28. The number of hydrogen-bond donors (Lipinski definition) is 0. The maximum atomic E-state index is 11.9. The van der Waals surface area contributed by atoms with E-state index in [9.17, 15) is 9.59 Å². The molecule has 1 saturated heterocycles. The Kier molecular flexibility index (Phi) is 9.25. The number of carbonyl (C=O) groups is 2. The van der Waals surface area contributed by atoms with Gasteiger partial charge >= 0.3 is 11.9 Å². The van der Waals surface area contributed by atoms with Crippen molar-refractivity contribution in [3.8, 4) is 0 Å². The topological polar surface area (TPSA) is 65.1 Å². The molecule has 0 spiro atoms. The van der Waals surface area contributed by atoms with Crippen molar-refractivity contribution < 1.29 is 28.3 Å². The van der Waals surface area contributed by atoms with Gasteiger partial charge in [-0.2, -0.15) is 0 Å². The highest BCUT2D eigenvalue weighted by molar-refractivity contribution is 5.71. The molecule has 0 aliphatic carbocycles. The van der Waals surface area contributed by atoms with Gasteiger partial charge in [0, 0.05) is 13.5 Å². The standard InChI is InChI=1S/C17H33N2O5/c1-15(20)24-16(14-19(2,3)4)13-17(21)23-12-11-22-10-9-18-7-5-6-8-18/h16H,5-14H2,1-4H3/q+1/t16-/m1/s1. The highest BCUT2D eigenvalue weighted by atomic mass is 16.6. The second-order valence-electron chi connectivity index (χ2n) is 7.29. The van der Waals surface area contributed by atoms with Gasteiger partial charge in [0.2, 0.25) is 0 Å². The molecule has 24 heavy (non-hydrogen) atoms. The Hall–Kier alpha value is -1.18. The Labute approximate surface area is 145 Å². The Balaban J connectivity index is 2.14. The smallest absolute Gasteiger partial charge is 0.309 e. The van der Waals surface area contributed by atoms with Gasteiger partial charge in [0.05, 0.1) is 40.8 Å². The van der Waals surface area contributed by atoms with E-state index >= 15 is 0 Å². The van der Waals surface area contributed by atoms with Gasteiger partial charge in [0.25, 0.3) is 0 Å². The van der Waals surface area contributed by atoms with Crippen LogP contribution < -0.4 is 0 Å². The molecule has 1 atom stereocenters. The second kappa shape index (κ2) is 10.6. The number of likely N-dealkylation sites (tertiary alicyclic amines) is 1. The van der Waals surface area contributed by atoms with Crippen molar-refractivity contribution in [2.45, 2.75) is 32.3 Å². The summed E-state index contributed by atoms with van der Waals surface area (Å²) in [6, 6.07) is 0. The first-order chi connectivity index (χ1) is 11.3. The summed E-state index contributed by atoms with van der Waals surface area (Å²) in [6.45, 7) is 6.44. The predicted octanol–water partition coefficient (Wildman–Crippen LogP) is 0.670. The van der Waals surface area contributed by atoms with Gasteiger partial charge in [-0.25, -0.2) is 0 Å². The molecule has 140 valence electrons. The fraction of sp³-hybridized carbons (Fsp3) is 0.882. The van der Waals surface area contributed by atoms with Crippen molar-refractivity contribution in [1.82, 2.24) is 4.90 Å². The molecular formula is C17H33N2O5+. The molecule has 0 amide bonds. The lowest BCUT2D eigenvalue weighted by molar-refractivity contribution is -0.873. The predicted molar refractivity (Wildman–Crippen MR) is 90.5 cm³/mol. The Morgan fingerprint density at radius 1 is 1.08 bits per heavy atom. The average molecular weight is 345 g/mol. The fourth-order valence-corrected chi connectivity index (χ4v) is 2.75. The summed E-state index contributed by atoms with van der Waals surface area (Å²) in [7, 11) is 5.95. The third-order valence-corrected chi connectivity index (χ3v) is 3.72. The van der Waals surface area contributed by atoms with E-state index in [1.54, 1.807) is 0 Å². The number of ether oxygens (including phenoxy) is 3. The van der Waals surface area contributed by atoms with Crippen LogP contribution in [0.5, 0.6) is 0 Å². The van der Waals surface area contributed by atoms with Crippen LogP contribution >= 0.6 is 0 Å². The quantitative estimate of drug-likeness (QED) is 0.312. The number of nitrogens with zero attached hydrogens (tertiary/aromatic N) is 2. The molecule has 1 aliphatic rings. The van der Waals surface area contributed by atoms with Gasteiger partial charge in [0.15, 0.2) is 6.10 Å². The molecule has 1 rings (SSSR count). The molecule has 1 heterocycles. The van der Waals surface area contributed by atoms with E-state index in [1.807, 2.05) is 21.1 Å². The minimum Gasteiger partial charge on any atom is -0.463 e. The van der Waals surface area contributed by atoms with Crippen LogP contribution in [0, 0.1) is 0 Å². The Morgan fingerprint density at radius 3 is 2.33 bits per heavy atom.